The van der Waals surface area contributed by atoms with Crippen LogP contribution in [0.25, 0.3) is 16.7 Å². The van der Waals surface area contributed by atoms with Crippen molar-refractivity contribution in [3.8, 4) is 22.9 Å². The van der Waals surface area contributed by atoms with Crippen molar-refractivity contribution in [2.24, 2.45) is 0 Å². The number of anilines is 1. The van der Waals surface area contributed by atoms with E-state index in [0.29, 0.717) is 29.2 Å². The maximum absolute atomic E-state index is 12.6. The summed E-state index contributed by atoms with van der Waals surface area (Å²) in [5.41, 5.74) is 4.30. The maximum atomic E-state index is 12.6. The molecule has 9 nitrogen and oxygen atoms in total. The molecule has 1 aliphatic heterocycles. The van der Waals surface area contributed by atoms with Crippen molar-refractivity contribution in [3.05, 3.63) is 65.7 Å². The van der Waals surface area contributed by atoms with Gasteiger partial charge in [-0.2, -0.15) is 4.80 Å². The van der Waals surface area contributed by atoms with Crippen LogP contribution in [0.5, 0.6) is 17.2 Å². The van der Waals surface area contributed by atoms with Gasteiger partial charge in [-0.1, -0.05) is 0 Å². The zero-order valence-corrected chi connectivity index (χ0v) is 19.3. The third kappa shape index (κ3) is 4.35. The van der Waals surface area contributed by atoms with Crippen LogP contribution in [-0.4, -0.2) is 39.4 Å². The molecule has 10 heteroatoms. The summed E-state index contributed by atoms with van der Waals surface area (Å²) in [6.45, 7) is 4.63. The highest BCUT2D eigenvalue weighted by Crippen LogP contribution is 2.32. The van der Waals surface area contributed by atoms with E-state index in [4.69, 9.17) is 26.4 Å². The molecule has 2 heterocycles. The van der Waals surface area contributed by atoms with Gasteiger partial charge in [-0.05, 0) is 86.2 Å². The molecule has 3 aromatic carbocycles. The number of carbonyl (C=O) groups is 1. The Hall–Kier alpha value is -4.18. The third-order valence-electron chi connectivity index (χ3n) is 5.22. The summed E-state index contributed by atoms with van der Waals surface area (Å²) < 4.78 is 16.1. The van der Waals surface area contributed by atoms with Gasteiger partial charge in [-0.3, -0.25) is 10.1 Å². The van der Waals surface area contributed by atoms with E-state index in [-0.39, 0.29) is 17.8 Å². The van der Waals surface area contributed by atoms with Crippen LogP contribution in [0.15, 0.2) is 54.6 Å². The first-order valence-corrected chi connectivity index (χ1v) is 11.0. The minimum absolute atomic E-state index is 0.144. The highest BCUT2D eigenvalue weighted by Gasteiger charge is 2.17. The average Bonchev–Trinajstić information content (AvgIpc) is 3.46. The highest BCUT2D eigenvalue weighted by molar-refractivity contribution is 7.80. The average molecular weight is 476 g/mol. The summed E-state index contributed by atoms with van der Waals surface area (Å²) in [4.78, 5) is 14.2. The lowest BCUT2D eigenvalue weighted by Crippen LogP contribution is -2.34. The lowest BCUT2D eigenvalue weighted by atomic mass is 10.1. The number of benzene rings is 3. The molecule has 0 saturated heterocycles. The molecule has 4 aromatic rings. The molecule has 2 N–H and O–H groups in total. The van der Waals surface area contributed by atoms with Crippen LogP contribution in [0.1, 0.15) is 22.8 Å². The maximum Gasteiger partial charge on any atom is 0.257 e. The molecule has 1 aromatic heterocycles. The SMILES string of the molecule is CCOc1ccc(-n2nc3cc(C)c(NC(=S)NC(=O)c4ccc5c(c4)OCO5)cc3n2)cc1. The van der Waals surface area contributed by atoms with Gasteiger partial charge < -0.3 is 19.5 Å². The standard InChI is InChI=1S/C24H21N5O4S/c1-3-31-17-7-5-16(6-8-17)29-27-19-10-14(2)18(12-20(19)28-29)25-24(34)26-23(30)15-4-9-21-22(11-15)33-13-32-21/h4-12H,3,13H2,1-2H3,(H2,25,26,30,34). The molecule has 0 saturated carbocycles. The Morgan fingerprint density at radius 1 is 1.06 bits per heavy atom. The predicted octanol–water partition coefficient (Wildman–Crippen LogP) is 3.98. The van der Waals surface area contributed by atoms with Crippen molar-refractivity contribution in [1.82, 2.24) is 20.3 Å². The van der Waals surface area contributed by atoms with Gasteiger partial charge in [0.25, 0.3) is 5.91 Å². The van der Waals surface area contributed by atoms with Gasteiger partial charge in [-0.25, -0.2) is 0 Å². The first-order chi connectivity index (χ1) is 16.5. The van der Waals surface area contributed by atoms with Crippen LogP contribution in [0.4, 0.5) is 5.69 Å². The topological polar surface area (TPSA) is 99.5 Å². The second kappa shape index (κ2) is 8.99. The van der Waals surface area contributed by atoms with Gasteiger partial charge in [0.2, 0.25) is 6.79 Å². The van der Waals surface area contributed by atoms with E-state index in [0.717, 1.165) is 28.2 Å². The Labute approximate surface area is 200 Å². The zero-order valence-electron chi connectivity index (χ0n) is 18.5. The molecule has 0 atom stereocenters. The Morgan fingerprint density at radius 3 is 2.56 bits per heavy atom. The van der Waals surface area contributed by atoms with E-state index < -0.39 is 0 Å². The first-order valence-electron chi connectivity index (χ1n) is 10.6. The number of rotatable bonds is 5. The second-order valence-electron chi connectivity index (χ2n) is 7.55. The number of aryl methyl sites for hydroxylation is 1. The quantitative estimate of drug-likeness (QED) is 0.418. The molecule has 0 unspecified atom stereocenters. The van der Waals surface area contributed by atoms with Crippen LogP contribution in [0.3, 0.4) is 0 Å². The third-order valence-corrected chi connectivity index (χ3v) is 5.42. The van der Waals surface area contributed by atoms with Gasteiger partial charge in [0.1, 0.15) is 16.8 Å². The zero-order chi connectivity index (χ0) is 23.7. The van der Waals surface area contributed by atoms with Crippen LogP contribution in [-0.2, 0) is 0 Å². The predicted molar refractivity (Wildman–Crippen MR) is 131 cm³/mol. The monoisotopic (exact) mass is 475 g/mol. The van der Waals surface area contributed by atoms with Crippen molar-refractivity contribution in [3.63, 3.8) is 0 Å². The number of amides is 1. The molecule has 5 rings (SSSR count). The lowest BCUT2D eigenvalue weighted by molar-refractivity contribution is 0.0977. The van der Waals surface area contributed by atoms with Crippen molar-refractivity contribution in [1.29, 1.82) is 0 Å². The number of carbonyl (C=O) groups excluding carboxylic acids is 1. The second-order valence-corrected chi connectivity index (χ2v) is 7.96. The number of thiocarbonyl (C=S) groups is 1. The van der Waals surface area contributed by atoms with Gasteiger partial charge in [-0.15, -0.1) is 10.2 Å². The first kappa shape index (κ1) is 21.7. The van der Waals surface area contributed by atoms with E-state index in [1.165, 1.54) is 0 Å². The van der Waals surface area contributed by atoms with Crippen LogP contribution in [0.2, 0.25) is 0 Å². The number of nitrogens with zero attached hydrogens (tertiary/aromatic N) is 3. The molecule has 1 amide bonds. The van der Waals surface area contributed by atoms with Crippen LogP contribution < -0.4 is 24.8 Å². The van der Waals surface area contributed by atoms with Gasteiger partial charge in [0, 0.05) is 11.3 Å². The summed E-state index contributed by atoms with van der Waals surface area (Å²) in [6, 6.07) is 16.3. The molecule has 172 valence electrons. The highest BCUT2D eigenvalue weighted by atomic mass is 32.1. The summed E-state index contributed by atoms with van der Waals surface area (Å²) in [5, 5.41) is 15.1. The van der Waals surface area contributed by atoms with Gasteiger partial charge >= 0.3 is 0 Å². The van der Waals surface area contributed by atoms with E-state index in [1.807, 2.05) is 50.2 Å². The lowest BCUT2D eigenvalue weighted by Gasteiger charge is -2.12. The molecule has 0 bridgehead atoms. The van der Waals surface area contributed by atoms with Gasteiger partial charge in [0.05, 0.1) is 12.3 Å². The van der Waals surface area contributed by atoms with Gasteiger partial charge in [0.15, 0.2) is 16.6 Å². The Balaban J connectivity index is 1.30. The fraction of sp³-hybridized carbons (Fsp3) is 0.167. The molecule has 0 aliphatic carbocycles. The Bertz CT molecular complexity index is 1400. The molecule has 34 heavy (non-hydrogen) atoms. The number of fused-ring (bicyclic) bond motifs is 2. The fourth-order valence-electron chi connectivity index (χ4n) is 3.53. The van der Waals surface area contributed by atoms with Crippen molar-refractivity contribution in [2.75, 3.05) is 18.7 Å². The molecular formula is C24H21N5O4S. The molecule has 0 fully saturated rings. The molecular weight excluding hydrogens is 454 g/mol. The Morgan fingerprint density at radius 2 is 1.79 bits per heavy atom. The van der Waals surface area contributed by atoms with E-state index in [1.54, 1.807) is 23.0 Å². The van der Waals surface area contributed by atoms with Crippen molar-refractivity contribution in [2.45, 2.75) is 13.8 Å². The van der Waals surface area contributed by atoms with Crippen molar-refractivity contribution < 1.29 is 19.0 Å². The summed E-state index contributed by atoms with van der Waals surface area (Å²) >= 11 is 5.36. The summed E-state index contributed by atoms with van der Waals surface area (Å²) in [7, 11) is 0. The van der Waals surface area contributed by atoms with E-state index in [2.05, 4.69) is 20.8 Å². The van der Waals surface area contributed by atoms with Crippen LogP contribution >= 0.6 is 12.2 Å². The number of ether oxygens (including phenoxy) is 3. The van der Waals surface area contributed by atoms with E-state index >= 15 is 0 Å². The number of aromatic nitrogens is 3. The minimum Gasteiger partial charge on any atom is -0.494 e. The smallest absolute Gasteiger partial charge is 0.257 e. The Kier molecular flexibility index (Phi) is 5.72. The fourth-order valence-corrected chi connectivity index (χ4v) is 3.73. The van der Waals surface area contributed by atoms with Crippen molar-refractivity contribution >= 4 is 40.0 Å². The largest absolute Gasteiger partial charge is 0.494 e. The van der Waals surface area contributed by atoms with Crippen LogP contribution in [0, 0.1) is 6.92 Å². The molecule has 0 radical (unpaired) electrons. The normalized spacial score (nSPS) is 11.9. The number of hydrogen-bond acceptors (Lipinski definition) is 7. The number of hydrogen-bond donors (Lipinski definition) is 2. The number of nitrogens with one attached hydrogen (secondary N) is 2. The summed E-state index contributed by atoms with van der Waals surface area (Å²) in [5.74, 6) is 1.58. The molecule has 1 aliphatic rings. The molecule has 0 spiro atoms. The summed E-state index contributed by atoms with van der Waals surface area (Å²) in [6.07, 6.45) is 0. The minimum atomic E-state index is -0.351. The van der Waals surface area contributed by atoms with E-state index in [9.17, 15) is 4.79 Å².